The molecule has 2 aliphatic rings. The van der Waals surface area contributed by atoms with Crippen molar-refractivity contribution in [1.82, 2.24) is 5.32 Å². The van der Waals surface area contributed by atoms with E-state index in [2.05, 4.69) is 12.2 Å². The maximum Gasteiger partial charge on any atom is 0.0840 e. The first-order chi connectivity index (χ1) is 6.21. The Labute approximate surface area is 79.5 Å². The molecule has 13 heavy (non-hydrogen) atoms. The van der Waals surface area contributed by atoms with E-state index in [1.165, 1.54) is 12.8 Å². The maximum absolute atomic E-state index is 10.3. The van der Waals surface area contributed by atoms with Gasteiger partial charge in [0.25, 0.3) is 0 Å². The number of aliphatic hydroxyl groups is 1. The van der Waals surface area contributed by atoms with Gasteiger partial charge in [-0.25, -0.2) is 0 Å². The first-order valence-electron chi connectivity index (χ1n) is 5.24. The molecule has 2 N–H and O–H groups in total. The van der Waals surface area contributed by atoms with Gasteiger partial charge in [-0.1, -0.05) is 6.92 Å². The Morgan fingerprint density at radius 1 is 1.54 bits per heavy atom. The van der Waals surface area contributed by atoms with Gasteiger partial charge in [-0.15, -0.1) is 0 Å². The first-order valence-corrected chi connectivity index (χ1v) is 5.24. The van der Waals surface area contributed by atoms with Gasteiger partial charge >= 0.3 is 0 Å². The van der Waals surface area contributed by atoms with Crippen LogP contribution in [0.25, 0.3) is 0 Å². The van der Waals surface area contributed by atoms with Gasteiger partial charge in [0.15, 0.2) is 0 Å². The third-order valence-corrected chi connectivity index (χ3v) is 3.24. The molecule has 2 atom stereocenters. The molecule has 1 heterocycles. The quantitative estimate of drug-likeness (QED) is 0.674. The fraction of sp³-hybridized carbons (Fsp3) is 1.00. The Kier molecular flexibility index (Phi) is 2.58. The summed E-state index contributed by atoms with van der Waals surface area (Å²) in [7, 11) is 0. The van der Waals surface area contributed by atoms with Gasteiger partial charge in [0, 0.05) is 31.5 Å². The molecule has 0 aromatic rings. The van der Waals surface area contributed by atoms with E-state index in [1.807, 2.05) is 0 Å². The molecule has 1 aliphatic carbocycles. The highest BCUT2D eigenvalue weighted by atomic mass is 16.5. The van der Waals surface area contributed by atoms with Crippen molar-refractivity contribution >= 4 is 0 Å². The minimum absolute atomic E-state index is 0.257. The lowest BCUT2D eigenvalue weighted by Crippen LogP contribution is -2.51. The average Bonchev–Trinajstić information content (AvgIpc) is 2.91. The number of ether oxygens (including phenoxy) is 1. The summed E-state index contributed by atoms with van der Waals surface area (Å²) in [5, 5.41) is 13.7. The summed E-state index contributed by atoms with van der Waals surface area (Å²) in [6, 6.07) is 0.680. The summed E-state index contributed by atoms with van der Waals surface area (Å²) < 4.78 is 5.31. The number of hydrogen-bond acceptors (Lipinski definition) is 3. The van der Waals surface area contributed by atoms with Crippen molar-refractivity contribution in [2.24, 2.45) is 5.92 Å². The summed E-state index contributed by atoms with van der Waals surface area (Å²) in [6.45, 7) is 4.20. The summed E-state index contributed by atoms with van der Waals surface area (Å²) >= 11 is 0. The molecule has 2 fully saturated rings. The molecule has 1 saturated carbocycles. The van der Waals surface area contributed by atoms with Crippen LogP contribution in [0.3, 0.4) is 0 Å². The minimum Gasteiger partial charge on any atom is -0.388 e. The summed E-state index contributed by atoms with van der Waals surface area (Å²) in [6.07, 6.45) is 3.33. The summed E-state index contributed by atoms with van der Waals surface area (Å²) in [5.74, 6) is 0.257. The van der Waals surface area contributed by atoms with E-state index in [-0.39, 0.29) is 5.92 Å². The van der Waals surface area contributed by atoms with Gasteiger partial charge in [-0.2, -0.15) is 0 Å². The van der Waals surface area contributed by atoms with Crippen molar-refractivity contribution in [3.63, 3.8) is 0 Å². The van der Waals surface area contributed by atoms with Gasteiger partial charge in [0.1, 0.15) is 0 Å². The van der Waals surface area contributed by atoms with Crippen molar-refractivity contribution in [2.45, 2.75) is 37.8 Å². The van der Waals surface area contributed by atoms with E-state index >= 15 is 0 Å². The Morgan fingerprint density at radius 3 is 2.92 bits per heavy atom. The largest absolute Gasteiger partial charge is 0.388 e. The van der Waals surface area contributed by atoms with Crippen LogP contribution in [-0.4, -0.2) is 36.5 Å². The zero-order valence-electron chi connectivity index (χ0n) is 8.25. The fourth-order valence-electron chi connectivity index (χ4n) is 1.78. The normalized spacial score (nSPS) is 40.6. The van der Waals surface area contributed by atoms with Crippen LogP contribution in [0.2, 0.25) is 0 Å². The Balaban J connectivity index is 1.83. The van der Waals surface area contributed by atoms with E-state index < -0.39 is 5.60 Å². The highest BCUT2D eigenvalue weighted by Gasteiger charge is 2.37. The lowest BCUT2D eigenvalue weighted by atomic mass is 9.85. The SMILES string of the molecule is CC1COCCC1(O)CNC1CC1. The van der Waals surface area contributed by atoms with Crippen LogP contribution >= 0.6 is 0 Å². The van der Waals surface area contributed by atoms with Crippen LogP contribution in [0, 0.1) is 5.92 Å². The summed E-state index contributed by atoms with van der Waals surface area (Å²) in [4.78, 5) is 0. The number of rotatable bonds is 3. The highest BCUT2D eigenvalue weighted by Crippen LogP contribution is 2.27. The maximum atomic E-state index is 10.3. The highest BCUT2D eigenvalue weighted by molar-refractivity contribution is 4.92. The lowest BCUT2D eigenvalue weighted by Gasteiger charge is -2.38. The molecule has 1 saturated heterocycles. The molecule has 0 bridgehead atoms. The number of hydrogen-bond donors (Lipinski definition) is 2. The Bertz CT molecular complexity index is 182. The molecule has 0 aromatic carbocycles. The lowest BCUT2D eigenvalue weighted by molar-refractivity contribution is -0.104. The topological polar surface area (TPSA) is 41.5 Å². The fourth-order valence-corrected chi connectivity index (χ4v) is 1.78. The molecular formula is C10H19NO2. The molecule has 1 aliphatic heterocycles. The molecule has 0 radical (unpaired) electrons. The molecule has 0 aromatic heterocycles. The second-order valence-corrected chi connectivity index (χ2v) is 4.48. The van der Waals surface area contributed by atoms with E-state index in [9.17, 15) is 5.11 Å². The predicted molar refractivity (Wildman–Crippen MR) is 50.6 cm³/mol. The molecule has 3 nitrogen and oxygen atoms in total. The average molecular weight is 185 g/mol. The van der Waals surface area contributed by atoms with Gasteiger partial charge in [0.2, 0.25) is 0 Å². The van der Waals surface area contributed by atoms with E-state index in [0.717, 1.165) is 13.0 Å². The van der Waals surface area contributed by atoms with Crippen LogP contribution in [0.15, 0.2) is 0 Å². The zero-order chi connectivity index (χ0) is 9.31. The third-order valence-electron chi connectivity index (χ3n) is 3.24. The molecular weight excluding hydrogens is 166 g/mol. The molecule has 2 rings (SSSR count). The van der Waals surface area contributed by atoms with E-state index in [4.69, 9.17) is 4.74 Å². The van der Waals surface area contributed by atoms with Crippen LogP contribution in [0.1, 0.15) is 26.2 Å². The second-order valence-electron chi connectivity index (χ2n) is 4.48. The van der Waals surface area contributed by atoms with Crippen LogP contribution in [-0.2, 0) is 4.74 Å². The number of nitrogens with one attached hydrogen (secondary N) is 1. The van der Waals surface area contributed by atoms with Crippen LogP contribution < -0.4 is 5.32 Å². The molecule has 76 valence electrons. The first kappa shape index (κ1) is 9.44. The zero-order valence-corrected chi connectivity index (χ0v) is 8.25. The van der Waals surface area contributed by atoms with Gasteiger partial charge in [-0.05, 0) is 12.8 Å². The molecule has 3 heteroatoms. The Morgan fingerprint density at radius 2 is 2.31 bits per heavy atom. The van der Waals surface area contributed by atoms with Crippen molar-refractivity contribution < 1.29 is 9.84 Å². The van der Waals surface area contributed by atoms with Crippen molar-refractivity contribution in [3.8, 4) is 0 Å². The third kappa shape index (κ3) is 2.22. The monoisotopic (exact) mass is 185 g/mol. The van der Waals surface area contributed by atoms with Gasteiger partial charge in [-0.3, -0.25) is 0 Å². The molecule has 0 amide bonds. The van der Waals surface area contributed by atoms with Gasteiger partial charge in [0.05, 0.1) is 12.2 Å². The van der Waals surface area contributed by atoms with Crippen molar-refractivity contribution in [3.05, 3.63) is 0 Å². The summed E-state index contributed by atoms with van der Waals surface area (Å²) in [5.41, 5.74) is -0.527. The minimum atomic E-state index is -0.527. The molecule has 2 unspecified atom stereocenters. The predicted octanol–water partition coefficient (Wildman–Crippen LogP) is 0.526. The van der Waals surface area contributed by atoms with E-state index in [1.54, 1.807) is 0 Å². The van der Waals surface area contributed by atoms with E-state index in [0.29, 0.717) is 19.3 Å². The van der Waals surface area contributed by atoms with Crippen LogP contribution in [0.4, 0.5) is 0 Å². The van der Waals surface area contributed by atoms with Gasteiger partial charge < -0.3 is 15.2 Å². The van der Waals surface area contributed by atoms with Crippen molar-refractivity contribution in [2.75, 3.05) is 19.8 Å². The Hall–Kier alpha value is -0.120. The standard InChI is InChI=1S/C10H19NO2/c1-8-6-13-5-4-10(8,12)7-11-9-2-3-9/h8-9,11-12H,2-7H2,1H3. The second kappa shape index (κ2) is 3.56. The smallest absolute Gasteiger partial charge is 0.0840 e. The van der Waals surface area contributed by atoms with Crippen LogP contribution in [0.5, 0.6) is 0 Å². The van der Waals surface area contributed by atoms with Crippen molar-refractivity contribution in [1.29, 1.82) is 0 Å². The molecule has 0 spiro atoms.